The van der Waals surface area contributed by atoms with Gasteiger partial charge in [-0.3, -0.25) is 0 Å². The van der Waals surface area contributed by atoms with Crippen LogP contribution in [0.4, 0.5) is 0 Å². The highest BCUT2D eigenvalue weighted by atomic mass is 32.2. The van der Waals surface area contributed by atoms with Crippen LogP contribution in [-0.4, -0.2) is 22.3 Å². The van der Waals surface area contributed by atoms with Crippen LogP contribution < -0.4 is 10.5 Å². The molecule has 19 heavy (non-hydrogen) atoms. The van der Waals surface area contributed by atoms with Gasteiger partial charge in [0.15, 0.2) is 5.16 Å². The molecule has 1 aromatic heterocycles. The molecule has 0 bridgehead atoms. The zero-order chi connectivity index (χ0) is 13.5. The number of thioether (sulfide) groups is 1. The first-order valence-electron chi connectivity index (χ1n) is 6.13. The number of benzene rings is 1. The molecule has 4 nitrogen and oxygen atoms in total. The zero-order valence-electron chi connectivity index (χ0n) is 10.9. The molecule has 2 N–H and O–H groups in total. The van der Waals surface area contributed by atoms with Gasteiger partial charge in [-0.1, -0.05) is 30.0 Å². The molecule has 0 radical (unpaired) electrons. The van der Waals surface area contributed by atoms with Gasteiger partial charge in [0, 0.05) is 29.8 Å². The molecule has 0 atom stereocenters. The molecule has 0 saturated heterocycles. The summed E-state index contributed by atoms with van der Waals surface area (Å²) in [6.45, 7) is 3.06. The van der Waals surface area contributed by atoms with E-state index >= 15 is 0 Å². The number of rotatable bonds is 6. The second kappa shape index (κ2) is 7.11. The highest BCUT2D eigenvalue weighted by Gasteiger charge is 2.02. The van der Waals surface area contributed by atoms with E-state index < -0.39 is 0 Å². The number of para-hydroxylation sites is 1. The van der Waals surface area contributed by atoms with Crippen LogP contribution in [0.3, 0.4) is 0 Å². The first kappa shape index (κ1) is 13.8. The quantitative estimate of drug-likeness (QED) is 0.498. The third-order valence-corrected chi connectivity index (χ3v) is 3.36. The average molecular weight is 275 g/mol. The molecule has 2 aromatic rings. The number of hydrogen-bond acceptors (Lipinski definition) is 5. The van der Waals surface area contributed by atoms with Crippen LogP contribution in [0.5, 0.6) is 5.75 Å². The van der Waals surface area contributed by atoms with E-state index in [0.29, 0.717) is 13.2 Å². The molecule has 2 rings (SSSR count). The summed E-state index contributed by atoms with van der Waals surface area (Å²) in [4.78, 5) is 8.52. The Balaban J connectivity index is 1.81. The number of hydrogen-bond donors (Lipinski definition) is 1. The van der Waals surface area contributed by atoms with Crippen LogP contribution in [0, 0.1) is 6.92 Å². The van der Waals surface area contributed by atoms with Gasteiger partial charge in [-0.05, 0) is 19.1 Å². The maximum absolute atomic E-state index is 5.72. The second-order valence-electron chi connectivity index (χ2n) is 3.99. The Labute approximate surface area is 117 Å². The number of ether oxygens (including phenoxy) is 1. The van der Waals surface area contributed by atoms with Crippen molar-refractivity contribution in [1.82, 2.24) is 9.97 Å². The van der Waals surface area contributed by atoms with Crippen molar-refractivity contribution < 1.29 is 4.74 Å². The zero-order valence-corrected chi connectivity index (χ0v) is 11.7. The summed E-state index contributed by atoms with van der Waals surface area (Å²) in [6.07, 6.45) is 1.77. The summed E-state index contributed by atoms with van der Waals surface area (Å²) >= 11 is 1.59. The molecule has 1 aromatic carbocycles. The molecular weight excluding hydrogens is 258 g/mol. The van der Waals surface area contributed by atoms with Crippen LogP contribution in [0.2, 0.25) is 0 Å². The third kappa shape index (κ3) is 4.22. The van der Waals surface area contributed by atoms with Crippen molar-refractivity contribution in [2.24, 2.45) is 5.73 Å². The van der Waals surface area contributed by atoms with Gasteiger partial charge in [0.1, 0.15) is 5.75 Å². The van der Waals surface area contributed by atoms with E-state index in [2.05, 4.69) is 9.97 Å². The lowest BCUT2D eigenvalue weighted by Crippen LogP contribution is -2.05. The first-order valence-corrected chi connectivity index (χ1v) is 7.11. The second-order valence-corrected chi connectivity index (χ2v) is 5.05. The van der Waals surface area contributed by atoms with Crippen molar-refractivity contribution in [3.63, 3.8) is 0 Å². The Morgan fingerprint density at radius 3 is 2.89 bits per heavy atom. The Kier molecular flexibility index (Phi) is 5.18. The largest absolute Gasteiger partial charge is 0.492 e. The summed E-state index contributed by atoms with van der Waals surface area (Å²) in [7, 11) is 0. The molecule has 1 heterocycles. The molecule has 100 valence electrons. The number of nitrogens with zero attached hydrogens (tertiary/aromatic N) is 2. The van der Waals surface area contributed by atoms with E-state index in [1.807, 2.05) is 37.3 Å². The monoisotopic (exact) mass is 275 g/mol. The van der Waals surface area contributed by atoms with Crippen LogP contribution >= 0.6 is 11.8 Å². The summed E-state index contributed by atoms with van der Waals surface area (Å²) in [6, 6.07) is 9.72. The van der Waals surface area contributed by atoms with Crippen LogP contribution in [-0.2, 0) is 6.54 Å². The van der Waals surface area contributed by atoms with Crippen LogP contribution in [0.15, 0.2) is 41.7 Å². The van der Waals surface area contributed by atoms with Gasteiger partial charge in [-0.15, -0.1) is 0 Å². The molecule has 0 unspecified atom stereocenters. The topological polar surface area (TPSA) is 61.0 Å². The highest BCUT2D eigenvalue weighted by molar-refractivity contribution is 7.99. The Hall–Kier alpha value is -1.59. The van der Waals surface area contributed by atoms with Crippen LogP contribution in [0.1, 0.15) is 11.3 Å². The summed E-state index contributed by atoms with van der Waals surface area (Å²) in [5, 5.41) is 0.788. The SMILES string of the molecule is Cc1ccnc(SCCOc2ccccc2CN)n1. The van der Waals surface area contributed by atoms with Gasteiger partial charge >= 0.3 is 0 Å². The summed E-state index contributed by atoms with van der Waals surface area (Å²) < 4.78 is 5.72. The van der Waals surface area contributed by atoms with Crippen molar-refractivity contribution in [3.05, 3.63) is 47.8 Å². The van der Waals surface area contributed by atoms with Crippen molar-refractivity contribution in [3.8, 4) is 5.75 Å². The molecular formula is C14H17N3OS. The fourth-order valence-corrected chi connectivity index (χ4v) is 2.29. The predicted octanol–water partition coefficient (Wildman–Crippen LogP) is 2.41. The smallest absolute Gasteiger partial charge is 0.187 e. The molecule has 0 aliphatic rings. The highest BCUT2D eigenvalue weighted by Crippen LogP contribution is 2.18. The van der Waals surface area contributed by atoms with Gasteiger partial charge in [-0.2, -0.15) is 0 Å². The maximum Gasteiger partial charge on any atom is 0.187 e. The molecule has 0 fully saturated rings. The van der Waals surface area contributed by atoms with Gasteiger partial charge in [0.2, 0.25) is 0 Å². The molecule has 0 amide bonds. The molecule has 5 heteroatoms. The Morgan fingerprint density at radius 2 is 2.11 bits per heavy atom. The lowest BCUT2D eigenvalue weighted by Gasteiger charge is -2.09. The molecule has 0 spiro atoms. The standard InChI is InChI=1S/C14H17N3OS/c1-11-6-7-16-14(17-11)19-9-8-18-13-5-3-2-4-12(13)10-15/h2-7H,8-10,15H2,1H3. The van der Waals surface area contributed by atoms with Gasteiger partial charge in [-0.25, -0.2) is 9.97 Å². The van der Waals surface area contributed by atoms with E-state index in [9.17, 15) is 0 Å². The minimum absolute atomic E-state index is 0.490. The van der Waals surface area contributed by atoms with Crippen molar-refractivity contribution in [2.45, 2.75) is 18.6 Å². The van der Waals surface area contributed by atoms with E-state index in [-0.39, 0.29) is 0 Å². The fraction of sp³-hybridized carbons (Fsp3) is 0.286. The van der Waals surface area contributed by atoms with Crippen LogP contribution in [0.25, 0.3) is 0 Å². The van der Waals surface area contributed by atoms with Crippen molar-refractivity contribution in [2.75, 3.05) is 12.4 Å². The summed E-state index contributed by atoms with van der Waals surface area (Å²) in [5.41, 5.74) is 7.66. The lowest BCUT2D eigenvalue weighted by molar-refractivity contribution is 0.340. The normalized spacial score (nSPS) is 10.4. The van der Waals surface area contributed by atoms with E-state index in [4.69, 9.17) is 10.5 Å². The van der Waals surface area contributed by atoms with Crippen molar-refractivity contribution in [1.29, 1.82) is 0 Å². The molecule has 0 aliphatic heterocycles. The number of aryl methyl sites for hydroxylation is 1. The minimum Gasteiger partial charge on any atom is -0.492 e. The predicted molar refractivity (Wildman–Crippen MR) is 77.3 cm³/mol. The van der Waals surface area contributed by atoms with Gasteiger partial charge in [0.25, 0.3) is 0 Å². The lowest BCUT2D eigenvalue weighted by atomic mass is 10.2. The molecule has 0 saturated carbocycles. The number of nitrogens with two attached hydrogens (primary N) is 1. The Morgan fingerprint density at radius 1 is 1.26 bits per heavy atom. The van der Waals surface area contributed by atoms with Gasteiger partial charge in [0.05, 0.1) is 6.61 Å². The summed E-state index contributed by atoms with van der Waals surface area (Å²) in [5.74, 6) is 1.67. The average Bonchev–Trinajstić information content (AvgIpc) is 2.44. The maximum atomic E-state index is 5.72. The van der Waals surface area contributed by atoms with Crippen molar-refractivity contribution >= 4 is 11.8 Å². The fourth-order valence-electron chi connectivity index (χ4n) is 1.59. The first-order chi connectivity index (χ1) is 9.29. The Bertz CT molecular complexity index is 534. The van der Waals surface area contributed by atoms with E-state index in [1.54, 1.807) is 18.0 Å². The molecule has 0 aliphatic carbocycles. The van der Waals surface area contributed by atoms with Gasteiger partial charge < -0.3 is 10.5 Å². The van der Waals surface area contributed by atoms with E-state index in [1.165, 1.54) is 0 Å². The minimum atomic E-state index is 0.490. The van der Waals surface area contributed by atoms with E-state index in [0.717, 1.165) is 27.9 Å². The number of aromatic nitrogens is 2. The third-order valence-electron chi connectivity index (χ3n) is 2.54.